The van der Waals surface area contributed by atoms with Crippen LogP contribution in [-0.4, -0.2) is 110 Å². The quantitative estimate of drug-likeness (QED) is 0.204. The summed E-state index contributed by atoms with van der Waals surface area (Å²) in [5.74, 6) is 0.297. The molecule has 0 bridgehead atoms. The standard InChI is InChI=1S/C18H27NO11/c19-7-1-3-8(4-2-7)27-17-15(26)13(24)16(10(6-21)29-17)30-18-14(25)12(23)11(22)9(5-20)28-18/h1-4,9-18,20-26H,5-6,19H2/t9-,10-,11-,12+,13-,14-,15-,16-,17-,18-/m1/s1. The first-order valence-corrected chi connectivity index (χ1v) is 9.37. The highest BCUT2D eigenvalue weighted by atomic mass is 16.7. The molecule has 170 valence electrons. The number of benzene rings is 1. The molecule has 2 heterocycles. The third kappa shape index (κ3) is 4.68. The van der Waals surface area contributed by atoms with Crippen LogP contribution in [0.25, 0.3) is 0 Å². The van der Waals surface area contributed by atoms with Gasteiger partial charge in [0.15, 0.2) is 6.29 Å². The van der Waals surface area contributed by atoms with Crippen LogP contribution in [0.5, 0.6) is 5.75 Å². The van der Waals surface area contributed by atoms with Gasteiger partial charge >= 0.3 is 0 Å². The van der Waals surface area contributed by atoms with Gasteiger partial charge in [0.2, 0.25) is 6.29 Å². The van der Waals surface area contributed by atoms with E-state index in [-0.39, 0.29) is 0 Å². The zero-order valence-electron chi connectivity index (χ0n) is 15.8. The lowest BCUT2D eigenvalue weighted by Crippen LogP contribution is -2.65. The first kappa shape index (κ1) is 23.1. The zero-order chi connectivity index (χ0) is 22.0. The van der Waals surface area contributed by atoms with Crippen molar-refractivity contribution in [1.82, 2.24) is 0 Å². The molecule has 2 aliphatic heterocycles. The maximum atomic E-state index is 10.5. The molecule has 1 aromatic rings. The molecule has 2 aliphatic rings. The van der Waals surface area contributed by atoms with E-state index in [0.717, 1.165) is 0 Å². The highest BCUT2D eigenvalue weighted by Crippen LogP contribution is 2.30. The highest BCUT2D eigenvalue weighted by Gasteiger charge is 2.51. The number of nitrogen functional groups attached to an aromatic ring is 1. The van der Waals surface area contributed by atoms with Crippen LogP contribution < -0.4 is 10.5 Å². The second-order valence-electron chi connectivity index (χ2n) is 7.19. The molecule has 12 heteroatoms. The van der Waals surface area contributed by atoms with Gasteiger partial charge in [-0.05, 0) is 24.3 Å². The second kappa shape index (κ2) is 9.70. The van der Waals surface area contributed by atoms with Gasteiger partial charge in [0.05, 0.1) is 13.2 Å². The van der Waals surface area contributed by atoms with Gasteiger partial charge < -0.3 is 60.4 Å². The van der Waals surface area contributed by atoms with Gasteiger partial charge in [0, 0.05) is 5.69 Å². The molecule has 12 nitrogen and oxygen atoms in total. The van der Waals surface area contributed by atoms with Gasteiger partial charge in [-0.3, -0.25) is 0 Å². The Bertz CT molecular complexity index is 673. The number of rotatable bonds is 6. The number of aliphatic hydroxyl groups excluding tert-OH is 7. The van der Waals surface area contributed by atoms with Crippen molar-refractivity contribution >= 4 is 5.69 Å². The summed E-state index contributed by atoms with van der Waals surface area (Å²) in [7, 11) is 0. The van der Waals surface area contributed by atoms with Crippen molar-refractivity contribution in [3.63, 3.8) is 0 Å². The molecule has 3 rings (SSSR count). The molecule has 2 fully saturated rings. The van der Waals surface area contributed by atoms with Gasteiger partial charge in [0.1, 0.15) is 54.6 Å². The number of hydrogen-bond donors (Lipinski definition) is 8. The molecule has 0 radical (unpaired) electrons. The highest BCUT2D eigenvalue weighted by molar-refractivity contribution is 5.41. The normalized spacial score (nSPS) is 42.1. The number of nitrogens with two attached hydrogens (primary N) is 1. The number of aliphatic hydroxyl groups is 7. The lowest BCUT2D eigenvalue weighted by molar-refractivity contribution is -0.352. The number of ether oxygens (including phenoxy) is 4. The predicted molar refractivity (Wildman–Crippen MR) is 97.9 cm³/mol. The minimum absolute atomic E-state index is 0.297. The minimum Gasteiger partial charge on any atom is -0.462 e. The van der Waals surface area contributed by atoms with E-state index < -0.39 is 74.6 Å². The van der Waals surface area contributed by atoms with E-state index in [1.165, 1.54) is 12.1 Å². The lowest BCUT2D eigenvalue weighted by atomic mass is 9.97. The third-order valence-electron chi connectivity index (χ3n) is 5.09. The Balaban J connectivity index is 1.71. The van der Waals surface area contributed by atoms with Crippen molar-refractivity contribution in [2.45, 2.75) is 61.4 Å². The predicted octanol–water partition coefficient (Wildman–Crippen LogP) is -3.73. The molecule has 0 aliphatic carbocycles. The fourth-order valence-electron chi connectivity index (χ4n) is 3.33. The van der Waals surface area contributed by atoms with E-state index in [0.29, 0.717) is 11.4 Å². The maximum Gasteiger partial charge on any atom is 0.229 e. The number of anilines is 1. The van der Waals surface area contributed by atoms with E-state index in [1.807, 2.05) is 0 Å². The molecule has 0 spiro atoms. The zero-order valence-corrected chi connectivity index (χ0v) is 15.8. The van der Waals surface area contributed by atoms with Crippen molar-refractivity contribution in [2.75, 3.05) is 18.9 Å². The van der Waals surface area contributed by atoms with Crippen LogP contribution in [0.3, 0.4) is 0 Å². The topological polar surface area (TPSA) is 205 Å². The Morgan fingerprint density at radius 2 is 1.30 bits per heavy atom. The van der Waals surface area contributed by atoms with Crippen molar-refractivity contribution in [2.24, 2.45) is 0 Å². The molecule has 0 saturated carbocycles. The summed E-state index contributed by atoms with van der Waals surface area (Å²) in [5, 5.41) is 69.7. The van der Waals surface area contributed by atoms with Crippen LogP contribution in [-0.2, 0) is 14.2 Å². The van der Waals surface area contributed by atoms with E-state index in [2.05, 4.69) is 0 Å². The van der Waals surface area contributed by atoms with Crippen LogP contribution in [0.2, 0.25) is 0 Å². The van der Waals surface area contributed by atoms with Gasteiger partial charge in [-0.2, -0.15) is 0 Å². The Morgan fingerprint density at radius 1 is 0.733 bits per heavy atom. The Labute approximate surface area is 171 Å². The average molecular weight is 433 g/mol. The van der Waals surface area contributed by atoms with Crippen molar-refractivity contribution in [3.8, 4) is 5.75 Å². The molecule has 2 saturated heterocycles. The van der Waals surface area contributed by atoms with Gasteiger partial charge in [-0.15, -0.1) is 0 Å². The van der Waals surface area contributed by atoms with Crippen molar-refractivity contribution < 1.29 is 54.7 Å². The van der Waals surface area contributed by atoms with Gasteiger partial charge in [-0.25, -0.2) is 0 Å². The Hall–Kier alpha value is -1.58. The first-order valence-electron chi connectivity index (χ1n) is 9.37. The molecular formula is C18H27NO11. The molecule has 0 aromatic heterocycles. The monoisotopic (exact) mass is 433 g/mol. The molecular weight excluding hydrogens is 406 g/mol. The van der Waals surface area contributed by atoms with E-state index in [9.17, 15) is 35.7 Å². The summed E-state index contributed by atoms with van der Waals surface area (Å²) in [6.45, 7) is -1.31. The first-order chi connectivity index (χ1) is 14.3. The van der Waals surface area contributed by atoms with Gasteiger partial charge in [0.25, 0.3) is 0 Å². The van der Waals surface area contributed by atoms with Crippen molar-refractivity contribution in [3.05, 3.63) is 24.3 Å². The maximum absolute atomic E-state index is 10.5. The molecule has 9 N–H and O–H groups in total. The Kier molecular flexibility index (Phi) is 7.47. The lowest BCUT2D eigenvalue weighted by Gasteiger charge is -2.45. The van der Waals surface area contributed by atoms with Gasteiger partial charge in [-0.1, -0.05) is 0 Å². The van der Waals surface area contributed by atoms with E-state index in [1.54, 1.807) is 12.1 Å². The molecule has 30 heavy (non-hydrogen) atoms. The summed E-state index contributed by atoms with van der Waals surface area (Å²) in [5.41, 5.74) is 6.10. The van der Waals surface area contributed by atoms with Crippen LogP contribution in [0, 0.1) is 0 Å². The average Bonchev–Trinajstić information content (AvgIpc) is 2.74. The minimum atomic E-state index is -1.73. The summed E-state index contributed by atoms with van der Waals surface area (Å²) < 4.78 is 21.7. The molecule has 0 unspecified atom stereocenters. The SMILES string of the molecule is Nc1ccc(O[C@@H]2O[C@H](CO)[C@@H](O[C@H]3O[C@H](CO)[C@@H](O)[C@H](O)[C@H]3O)[C@H](O)[C@H]2O)cc1. The third-order valence-corrected chi connectivity index (χ3v) is 5.09. The van der Waals surface area contributed by atoms with Crippen molar-refractivity contribution in [1.29, 1.82) is 0 Å². The fourth-order valence-corrected chi connectivity index (χ4v) is 3.33. The Morgan fingerprint density at radius 3 is 1.90 bits per heavy atom. The van der Waals surface area contributed by atoms with Crippen LogP contribution in [0.1, 0.15) is 0 Å². The van der Waals surface area contributed by atoms with E-state index in [4.69, 9.17) is 24.7 Å². The van der Waals surface area contributed by atoms with Crippen LogP contribution >= 0.6 is 0 Å². The smallest absolute Gasteiger partial charge is 0.229 e. The summed E-state index contributed by atoms with van der Waals surface area (Å²) in [6.07, 6.45) is -15.0. The summed E-state index contributed by atoms with van der Waals surface area (Å²) in [6, 6.07) is 6.19. The fraction of sp³-hybridized carbons (Fsp3) is 0.667. The largest absolute Gasteiger partial charge is 0.462 e. The molecule has 10 atom stereocenters. The summed E-state index contributed by atoms with van der Waals surface area (Å²) >= 11 is 0. The number of hydrogen-bond acceptors (Lipinski definition) is 12. The van der Waals surface area contributed by atoms with Crippen LogP contribution in [0.4, 0.5) is 5.69 Å². The second-order valence-corrected chi connectivity index (χ2v) is 7.19. The summed E-state index contributed by atoms with van der Waals surface area (Å²) in [4.78, 5) is 0. The molecule has 0 amide bonds. The molecule has 1 aromatic carbocycles. The van der Waals surface area contributed by atoms with E-state index >= 15 is 0 Å². The van der Waals surface area contributed by atoms with Crippen LogP contribution in [0.15, 0.2) is 24.3 Å².